The van der Waals surface area contributed by atoms with Gasteiger partial charge in [-0.05, 0) is 7.05 Å². The molecule has 0 bridgehead atoms. The predicted octanol–water partition coefficient (Wildman–Crippen LogP) is -1.27. The number of hydrogen-bond donors (Lipinski definition) is 4. The minimum Gasteiger partial charge on any atom is -0.394 e. The normalized spacial score (nSPS) is 9.82. The van der Waals surface area contributed by atoms with Crippen LogP contribution in [0.25, 0.3) is 0 Å². The second-order valence-corrected chi connectivity index (χ2v) is 2.21. The van der Waals surface area contributed by atoms with Crippen LogP contribution in [-0.4, -0.2) is 42.6 Å². The van der Waals surface area contributed by atoms with Crippen LogP contribution in [0.5, 0.6) is 0 Å². The molecule has 0 spiro atoms. The number of aliphatic hydroxyl groups is 2. The van der Waals surface area contributed by atoms with Crippen LogP contribution in [0.3, 0.4) is 0 Å². The van der Waals surface area contributed by atoms with Gasteiger partial charge >= 0.3 is 0 Å². The van der Waals surface area contributed by atoms with Crippen molar-refractivity contribution in [1.29, 1.82) is 0 Å². The summed E-state index contributed by atoms with van der Waals surface area (Å²) in [6, 6.07) is 0. The topological polar surface area (TPSA) is 78.5 Å². The van der Waals surface area contributed by atoms with E-state index in [1.54, 1.807) is 7.05 Å². The molecule has 0 saturated carbocycles. The van der Waals surface area contributed by atoms with Crippen LogP contribution in [0, 0.1) is 0 Å². The maximum Gasteiger partial charge on any atom is 0.0749 e. The first-order valence-electron chi connectivity index (χ1n) is 2.84. The maximum absolute atomic E-state index is 8.59. The maximum atomic E-state index is 8.59. The van der Waals surface area contributed by atoms with Crippen LogP contribution in [-0.2, 0) is 0 Å². The lowest BCUT2D eigenvalue weighted by Crippen LogP contribution is -2.54. The van der Waals surface area contributed by atoms with Crippen molar-refractivity contribution in [3.63, 3.8) is 0 Å². The first kappa shape index (κ1) is 17.5. The summed E-state index contributed by atoms with van der Waals surface area (Å²) in [6.45, 7) is 0.00861. The summed E-state index contributed by atoms with van der Waals surface area (Å²) in [5, 5.41) is 19.9. The molecule has 0 aliphatic carbocycles. The lowest BCUT2D eigenvalue weighted by Gasteiger charge is -2.23. The molecule has 0 aromatic rings. The van der Waals surface area contributed by atoms with Gasteiger partial charge in [-0.2, -0.15) is 0 Å². The summed E-state index contributed by atoms with van der Waals surface area (Å²) in [7, 11) is 1.72. The van der Waals surface area contributed by atoms with Gasteiger partial charge in [0.05, 0.1) is 18.8 Å². The average molecular weight is 207 g/mol. The van der Waals surface area contributed by atoms with Gasteiger partial charge in [0.15, 0.2) is 0 Å². The van der Waals surface area contributed by atoms with Crippen LogP contribution >= 0.6 is 24.8 Å². The van der Waals surface area contributed by atoms with Crippen LogP contribution in [0.4, 0.5) is 0 Å². The fourth-order valence-electron chi connectivity index (χ4n) is 0.514. The van der Waals surface area contributed by atoms with Crippen molar-refractivity contribution < 1.29 is 10.2 Å². The lowest BCUT2D eigenvalue weighted by atomic mass is 10.0. The highest BCUT2D eigenvalue weighted by molar-refractivity contribution is 5.85. The van der Waals surface area contributed by atoms with Crippen molar-refractivity contribution >= 4 is 24.8 Å². The molecular formula is C5H16Cl2N2O2. The highest BCUT2D eigenvalue weighted by atomic mass is 35.5. The smallest absolute Gasteiger partial charge is 0.0749 e. The zero-order valence-corrected chi connectivity index (χ0v) is 8.04. The van der Waals surface area contributed by atoms with Gasteiger partial charge in [0.1, 0.15) is 0 Å². The first-order chi connectivity index (χ1) is 4.18. The molecular weight excluding hydrogens is 191 g/mol. The monoisotopic (exact) mass is 206 g/mol. The lowest BCUT2D eigenvalue weighted by molar-refractivity contribution is 0.121. The molecule has 0 heterocycles. The van der Waals surface area contributed by atoms with E-state index in [9.17, 15) is 0 Å². The number of nitrogens with one attached hydrogen (secondary N) is 1. The quantitative estimate of drug-likeness (QED) is 0.463. The van der Waals surface area contributed by atoms with E-state index in [2.05, 4.69) is 5.32 Å². The molecule has 0 fully saturated rings. The molecule has 0 amide bonds. The highest BCUT2D eigenvalue weighted by Crippen LogP contribution is 1.93. The second kappa shape index (κ2) is 8.52. The Balaban J connectivity index is -0.000000320. The third-order valence-corrected chi connectivity index (χ3v) is 1.16. The fraction of sp³-hybridized carbons (Fsp3) is 1.00. The van der Waals surface area contributed by atoms with Crippen LogP contribution in [0.15, 0.2) is 0 Å². The molecule has 5 N–H and O–H groups in total. The Labute approximate surface area is 79.0 Å². The molecule has 6 heteroatoms. The van der Waals surface area contributed by atoms with Gasteiger partial charge in [-0.25, -0.2) is 0 Å². The Morgan fingerprint density at radius 3 is 1.73 bits per heavy atom. The van der Waals surface area contributed by atoms with Crippen LogP contribution in [0.1, 0.15) is 0 Å². The van der Waals surface area contributed by atoms with Crippen LogP contribution in [0.2, 0.25) is 0 Å². The molecule has 0 aliphatic heterocycles. The van der Waals surface area contributed by atoms with Crippen molar-refractivity contribution in [2.45, 2.75) is 5.54 Å². The number of rotatable bonds is 4. The summed E-state index contributed by atoms with van der Waals surface area (Å²) in [5.74, 6) is 0. The second-order valence-electron chi connectivity index (χ2n) is 2.21. The van der Waals surface area contributed by atoms with Gasteiger partial charge in [-0.3, -0.25) is 0 Å². The van der Waals surface area contributed by atoms with E-state index in [0.29, 0.717) is 6.54 Å². The Bertz CT molecular complexity index is 80.9. The Hall–Kier alpha value is 0.420. The van der Waals surface area contributed by atoms with Gasteiger partial charge in [-0.1, -0.05) is 0 Å². The summed E-state index contributed by atoms with van der Waals surface area (Å²) in [5.41, 5.74) is 4.58. The minimum absolute atomic E-state index is 0. The number of aliphatic hydroxyl groups excluding tert-OH is 2. The van der Waals surface area contributed by atoms with E-state index in [0.717, 1.165) is 0 Å². The fourth-order valence-corrected chi connectivity index (χ4v) is 0.514. The zero-order chi connectivity index (χ0) is 7.33. The molecule has 0 aromatic heterocycles. The van der Waals surface area contributed by atoms with Gasteiger partial charge in [0.2, 0.25) is 0 Å². The highest BCUT2D eigenvalue weighted by Gasteiger charge is 2.20. The summed E-state index contributed by atoms with van der Waals surface area (Å²) in [6.07, 6.45) is 0. The van der Waals surface area contributed by atoms with E-state index >= 15 is 0 Å². The minimum atomic E-state index is -0.866. The predicted molar refractivity (Wildman–Crippen MR) is 49.5 cm³/mol. The van der Waals surface area contributed by atoms with Crippen LogP contribution < -0.4 is 11.1 Å². The van der Waals surface area contributed by atoms with E-state index in [4.69, 9.17) is 15.9 Å². The van der Waals surface area contributed by atoms with E-state index in [-0.39, 0.29) is 38.0 Å². The molecule has 0 unspecified atom stereocenters. The molecule has 0 atom stereocenters. The Kier molecular flexibility index (Phi) is 13.5. The van der Waals surface area contributed by atoms with Gasteiger partial charge in [0, 0.05) is 6.54 Å². The third kappa shape index (κ3) is 6.80. The molecule has 0 saturated heterocycles. The van der Waals surface area contributed by atoms with Gasteiger partial charge in [-0.15, -0.1) is 24.8 Å². The molecule has 0 radical (unpaired) electrons. The largest absolute Gasteiger partial charge is 0.394 e. The zero-order valence-electron chi connectivity index (χ0n) is 6.41. The van der Waals surface area contributed by atoms with Gasteiger partial charge in [0.25, 0.3) is 0 Å². The first-order valence-corrected chi connectivity index (χ1v) is 2.84. The van der Waals surface area contributed by atoms with Crippen molar-refractivity contribution in [1.82, 2.24) is 5.32 Å². The average Bonchev–Trinajstić information content (AvgIpc) is 1.89. The van der Waals surface area contributed by atoms with E-state index in [1.807, 2.05) is 0 Å². The number of halogens is 2. The van der Waals surface area contributed by atoms with Crippen molar-refractivity contribution in [3.8, 4) is 0 Å². The van der Waals surface area contributed by atoms with Crippen molar-refractivity contribution in [3.05, 3.63) is 0 Å². The summed E-state index contributed by atoms with van der Waals surface area (Å²) < 4.78 is 0. The van der Waals surface area contributed by atoms with E-state index in [1.165, 1.54) is 0 Å². The van der Waals surface area contributed by atoms with Crippen molar-refractivity contribution in [2.24, 2.45) is 5.73 Å². The molecule has 0 aromatic carbocycles. The molecule has 0 rings (SSSR count). The molecule has 0 aliphatic rings. The number of nitrogens with two attached hydrogens (primary N) is 1. The summed E-state index contributed by atoms with van der Waals surface area (Å²) in [4.78, 5) is 0. The van der Waals surface area contributed by atoms with Crippen molar-refractivity contribution in [2.75, 3.05) is 26.8 Å². The Morgan fingerprint density at radius 2 is 1.64 bits per heavy atom. The standard InChI is InChI=1S/C5H14N2O2.2ClH/c1-7-2-5(6,3-8)4-9;;/h7-9H,2-4,6H2,1H3;2*1H. The van der Waals surface area contributed by atoms with E-state index < -0.39 is 5.54 Å². The number of likely N-dealkylation sites (N-methyl/N-ethyl adjacent to an activating group) is 1. The molecule has 72 valence electrons. The number of hydrogen-bond acceptors (Lipinski definition) is 4. The Morgan fingerprint density at radius 1 is 1.27 bits per heavy atom. The van der Waals surface area contributed by atoms with Gasteiger partial charge < -0.3 is 21.3 Å². The third-order valence-electron chi connectivity index (χ3n) is 1.16. The SMILES string of the molecule is CNCC(N)(CO)CO.Cl.Cl. The molecule has 4 nitrogen and oxygen atoms in total. The summed E-state index contributed by atoms with van der Waals surface area (Å²) >= 11 is 0. The molecule has 11 heavy (non-hydrogen) atoms.